The first-order chi connectivity index (χ1) is 9.08. The lowest BCUT2D eigenvalue weighted by Gasteiger charge is -2.12. The largest absolute Gasteiger partial charge is 0.343 e. The summed E-state index contributed by atoms with van der Waals surface area (Å²) >= 11 is 0. The van der Waals surface area contributed by atoms with Crippen LogP contribution in [0.5, 0.6) is 0 Å². The highest BCUT2D eigenvalue weighted by Gasteiger charge is 2.16. The van der Waals surface area contributed by atoms with Gasteiger partial charge in [0, 0.05) is 5.92 Å². The number of benzene rings is 1. The van der Waals surface area contributed by atoms with E-state index in [-0.39, 0.29) is 23.7 Å². The molecule has 100 valence electrons. The van der Waals surface area contributed by atoms with Crippen LogP contribution in [0, 0.1) is 0 Å². The predicted molar refractivity (Wildman–Crippen MR) is 72.8 cm³/mol. The molecule has 0 aliphatic carbocycles. The van der Waals surface area contributed by atoms with Gasteiger partial charge in [-0.3, -0.25) is 9.89 Å². The number of hydrogen-bond donors (Lipinski definition) is 2. The normalized spacial score (nSPS) is 12.4. The maximum Gasteiger partial charge on any atom is 0.291 e. The van der Waals surface area contributed by atoms with Gasteiger partial charge in [0.1, 0.15) is 5.82 Å². The number of aromatic nitrogens is 3. The van der Waals surface area contributed by atoms with Crippen molar-refractivity contribution in [3.8, 4) is 0 Å². The molecule has 0 aliphatic rings. The topological polar surface area (TPSA) is 70.7 Å². The van der Waals surface area contributed by atoms with Crippen molar-refractivity contribution in [3.63, 3.8) is 0 Å². The Kier molecular flexibility index (Phi) is 3.94. The van der Waals surface area contributed by atoms with E-state index in [4.69, 9.17) is 0 Å². The Morgan fingerprint density at radius 1 is 1.21 bits per heavy atom. The molecule has 0 saturated carbocycles. The number of aromatic amines is 1. The minimum absolute atomic E-state index is 0.0744. The minimum Gasteiger partial charge on any atom is -0.343 e. The number of nitrogens with zero attached hydrogens (tertiary/aromatic N) is 2. The number of hydrogen-bond acceptors (Lipinski definition) is 3. The highest BCUT2D eigenvalue weighted by Crippen LogP contribution is 2.12. The molecule has 0 unspecified atom stereocenters. The first kappa shape index (κ1) is 13.3. The maximum atomic E-state index is 12.0. The summed E-state index contributed by atoms with van der Waals surface area (Å²) in [4.78, 5) is 16.2. The van der Waals surface area contributed by atoms with Crippen LogP contribution in [0.1, 0.15) is 54.7 Å². The molecule has 2 aromatic rings. The van der Waals surface area contributed by atoms with Gasteiger partial charge in [-0.2, -0.15) is 0 Å². The average molecular weight is 258 g/mol. The molecule has 1 heterocycles. The average Bonchev–Trinajstić information content (AvgIpc) is 2.89. The van der Waals surface area contributed by atoms with Crippen molar-refractivity contribution >= 4 is 5.91 Å². The summed E-state index contributed by atoms with van der Waals surface area (Å²) in [6.45, 7) is 5.92. The lowest BCUT2D eigenvalue weighted by Crippen LogP contribution is -2.27. The molecule has 0 bridgehead atoms. The summed E-state index contributed by atoms with van der Waals surface area (Å²) in [5.74, 6) is 0.865. The van der Waals surface area contributed by atoms with E-state index in [9.17, 15) is 4.79 Å². The van der Waals surface area contributed by atoms with Gasteiger partial charge >= 0.3 is 0 Å². The third-order valence-corrected chi connectivity index (χ3v) is 2.90. The second kappa shape index (κ2) is 5.65. The van der Waals surface area contributed by atoms with E-state index in [0.29, 0.717) is 0 Å². The van der Waals surface area contributed by atoms with Crippen molar-refractivity contribution in [1.29, 1.82) is 0 Å². The van der Waals surface area contributed by atoms with Gasteiger partial charge in [0.25, 0.3) is 5.91 Å². The monoisotopic (exact) mass is 258 g/mol. The van der Waals surface area contributed by atoms with Crippen LogP contribution in [-0.2, 0) is 0 Å². The highest BCUT2D eigenvalue weighted by atomic mass is 16.2. The number of rotatable bonds is 4. The molecule has 1 atom stereocenters. The van der Waals surface area contributed by atoms with Crippen molar-refractivity contribution in [1.82, 2.24) is 20.5 Å². The standard InChI is InChI=1S/C14H18N4O/c1-9(2)12-16-13(18-17-12)14(19)15-10(3)11-7-5-4-6-8-11/h4-10H,1-3H3,(H,15,19)(H,16,17,18)/t10-/m1/s1. The van der Waals surface area contributed by atoms with E-state index in [1.807, 2.05) is 51.1 Å². The first-order valence-corrected chi connectivity index (χ1v) is 6.36. The molecule has 0 saturated heterocycles. The Morgan fingerprint density at radius 2 is 1.89 bits per heavy atom. The fourth-order valence-electron chi connectivity index (χ4n) is 1.72. The molecule has 1 aromatic heterocycles. The molecule has 0 aliphatic heterocycles. The summed E-state index contributed by atoms with van der Waals surface area (Å²) in [6.07, 6.45) is 0. The Morgan fingerprint density at radius 3 is 2.47 bits per heavy atom. The Balaban J connectivity index is 2.04. The van der Waals surface area contributed by atoms with Crippen molar-refractivity contribution < 1.29 is 4.79 Å². The van der Waals surface area contributed by atoms with E-state index >= 15 is 0 Å². The number of H-pyrrole nitrogens is 1. The van der Waals surface area contributed by atoms with Gasteiger partial charge in [-0.25, -0.2) is 4.98 Å². The number of carbonyl (C=O) groups is 1. The van der Waals surface area contributed by atoms with Crippen LogP contribution in [0.25, 0.3) is 0 Å². The number of amides is 1. The SMILES string of the molecule is CC(C)c1nc(C(=O)N[C@H](C)c2ccccc2)n[nH]1. The van der Waals surface area contributed by atoms with Crippen LogP contribution in [-0.4, -0.2) is 21.1 Å². The van der Waals surface area contributed by atoms with E-state index in [0.717, 1.165) is 11.4 Å². The zero-order valence-electron chi connectivity index (χ0n) is 11.3. The van der Waals surface area contributed by atoms with Gasteiger partial charge < -0.3 is 5.32 Å². The van der Waals surface area contributed by atoms with E-state index in [2.05, 4.69) is 20.5 Å². The second-order valence-corrected chi connectivity index (χ2v) is 4.80. The van der Waals surface area contributed by atoms with E-state index in [1.54, 1.807) is 0 Å². The van der Waals surface area contributed by atoms with Crippen LogP contribution in [0.15, 0.2) is 30.3 Å². The minimum atomic E-state index is -0.264. The Labute approximate surface area is 112 Å². The molecule has 1 amide bonds. The lowest BCUT2D eigenvalue weighted by molar-refractivity contribution is 0.0929. The van der Waals surface area contributed by atoms with Crippen molar-refractivity contribution in [3.05, 3.63) is 47.5 Å². The molecular formula is C14H18N4O. The molecule has 5 nitrogen and oxygen atoms in total. The molecule has 2 rings (SSSR count). The first-order valence-electron chi connectivity index (χ1n) is 6.36. The van der Waals surface area contributed by atoms with Crippen molar-refractivity contribution in [2.24, 2.45) is 0 Å². The fourth-order valence-corrected chi connectivity index (χ4v) is 1.72. The zero-order valence-corrected chi connectivity index (χ0v) is 11.3. The third-order valence-electron chi connectivity index (χ3n) is 2.90. The quantitative estimate of drug-likeness (QED) is 0.884. The molecule has 1 aromatic carbocycles. The van der Waals surface area contributed by atoms with Crippen LogP contribution >= 0.6 is 0 Å². The van der Waals surface area contributed by atoms with Gasteiger partial charge in [0.2, 0.25) is 5.82 Å². The Bertz CT molecular complexity index is 548. The zero-order chi connectivity index (χ0) is 13.8. The summed E-state index contributed by atoms with van der Waals surface area (Å²) in [5, 5.41) is 9.59. The molecule has 2 N–H and O–H groups in total. The summed E-state index contributed by atoms with van der Waals surface area (Å²) in [6, 6.07) is 9.71. The van der Waals surface area contributed by atoms with Gasteiger partial charge in [-0.15, -0.1) is 5.10 Å². The van der Waals surface area contributed by atoms with Crippen LogP contribution in [0.2, 0.25) is 0 Å². The predicted octanol–water partition coefficient (Wildman–Crippen LogP) is 2.42. The molecule has 5 heteroatoms. The third kappa shape index (κ3) is 3.19. The van der Waals surface area contributed by atoms with Gasteiger partial charge in [-0.1, -0.05) is 44.2 Å². The summed E-state index contributed by atoms with van der Waals surface area (Å²) in [7, 11) is 0. The highest BCUT2D eigenvalue weighted by molar-refractivity contribution is 5.90. The molecule has 0 radical (unpaired) electrons. The van der Waals surface area contributed by atoms with E-state index < -0.39 is 0 Å². The second-order valence-electron chi connectivity index (χ2n) is 4.80. The van der Waals surface area contributed by atoms with E-state index in [1.165, 1.54) is 0 Å². The molecule has 19 heavy (non-hydrogen) atoms. The number of carbonyl (C=O) groups excluding carboxylic acids is 1. The molecule has 0 spiro atoms. The van der Waals surface area contributed by atoms with Crippen LogP contribution < -0.4 is 5.32 Å². The smallest absolute Gasteiger partial charge is 0.291 e. The molecule has 0 fully saturated rings. The van der Waals surface area contributed by atoms with Gasteiger partial charge in [0.05, 0.1) is 6.04 Å². The van der Waals surface area contributed by atoms with Crippen LogP contribution in [0.3, 0.4) is 0 Å². The lowest BCUT2D eigenvalue weighted by atomic mass is 10.1. The van der Waals surface area contributed by atoms with Gasteiger partial charge in [-0.05, 0) is 12.5 Å². The van der Waals surface area contributed by atoms with Crippen molar-refractivity contribution in [2.45, 2.75) is 32.7 Å². The van der Waals surface area contributed by atoms with Gasteiger partial charge in [0.15, 0.2) is 0 Å². The summed E-state index contributed by atoms with van der Waals surface area (Å²) in [5.41, 5.74) is 1.05. The maximum absolute atomic E-state index is 12.0. The van der Waals surface area contributed by atoms with Crippen LogP contribution in [0.4, 0.5) is 0 Å². The van der Waals surface area contributed by atoms with Crippen molar-refractivity contribution in [2.75, 3.05) is 0 Å². The number of nitrogens with one attached hydrogen (secondary N) is 2. The molecular weight excluding hydrogens is 240 g/mol. The fraction of sp³-hybridized carbons (Fsp3) is 0.357. The Hall–Kier alpha value is -2.17. The summed E-state index contributed by atoms with van der Waals surface area (Å²) < 4.78 is 0.